The molecule has 1 aromatic rings. The van der Waals surface area contributed by atoms with Gasteiger partial charge < -0.3 is 9.84 Å². The maximum atomic E-state index is 10.6. The zero-order valence-corrected chi connectivity index (χ0v) is 9.45. The van der Waals surface area contributed by atoms with Crippen molar-refractivity contribution in [3.05, 3.63) is 23.9 Å². The summed E-state index contributed by atoms with van der Waals surface area (Å²) in [7, 11) is 1.55. The van der Waals surface area contributed by atoms with Crippen LogP contribution in [0.25, 0.3) is 0 Å². The molecule has 0 fully saturated rings. The molecule has 0 amide bonds. The smallest absolute Gasteiger partial charge is 0.316 e. The van der Waals surface area contributed by atoms with Gasteiger partial charge >= 0.3 is 5.97 Å². The Morgan fingerprint density at radius 1 is 1.67 bits per heavy atom. The summed E-state index contributed by atoms with van der Waals surface area (Å²) in [6.07, 6.45) is 0. The lowest BCUT2D eigenvalue weighted by Crippen LogP contribution is -2.11. The molecule has 1 atom stereocenters. The molecule has 0 spiro atoms. The van der Waals surface area contributed by atoms with Gasteiger partial charge in [-0.05, 0) is 13.0 Å². The number of aliphatic carboxylic acids is 1. The number of hydrogen-bond acceptors (Lipinski definition) is 4. The molecule has 0 aromatic carbocycles. The van der Waals surface area contributed by atoms with E-state index in [1.165, 1.54) is 11.8 Å². The topological polar surface area (TPSA) is 59.4 Å². The standard InChI is InChI=1S/C10H13NO3S/c1-7(10(12)13)15-6-8-4-3-5-9(11-8)14-2/h3-5,7H,6H2,1-2H3,(H,12,13). The number of methoxy groups -OCH3 is 1. The maximum Gasteiger partial charge on any atom is 0.316 e. The molecule has 0 aliphatic rings. The second kappa shape index (κ2) is 5.60. The summed E-state index contributed by atoms with van der Waals surface area (Å²) >= 11 is 1.34. The summed E-state index contributed by atoms with van der Waals surface area (Å²) < 4.78 is 4.97. The first-order valence-electron chi connectivity index (χ1n) is 4.48. The fourth-order valence-corrected chi connectivity index (χ4v) is 1.66. The predicted octanol–water partition coefficient (Wildman–Crippen LogP) is 1.80. The van der Waals surface area contributed by atoms with E-state index in [4.69, 9.17) is 9.84 Å². The fraction of sp³-hybridized carbons (Fsp3) is 0.400. The highest BCUT2D eigenvalue weighted by Crippen LogP contribution is 2.18. The van der Waals surface area contributed by atoms with E-state index in [9.17, 15) is 4.79 Å². The van der Waals surface area contributed by atoms with Gasteiger partial charge in [0.1, 0.15) is 0 Å². The first-order valence-corrected chi connectivity index (χ1v) is 5.52. The molecule has 1 aromatic heterocycles. The van der Waals surface area contributed by atoms with E-state index in [1.807, 2.05) is 12.1 Å². The van der Waals surface area contributed by atoms with Crippen molar-refractivity contribution < 1.29 is 14.6 Å². The van der Waals surface area contributed by atoms with Crippen molar-refractivity contribution in [3.63, 3.8) is 0 Å². The highest BCUT2D eigenvalue weighted by molar-refractivity contribution is 7.99. The molecular weight excluding hydrogens is 214 g/mol. The van der Waals surface area contributed by atoms with Crippen molar-refractivity contribution in [2.45, 2.75) is 17.9 Å². The molecule has 0 radical (unpaired) electrons. The van der Waals surface area contributed by atoms with Crippen molar-refractivity contribution in [2.24, 2.45) is 0 Å². The molecule has 1 unspecified atom stereocenters. The second-order valence-corrected chi connectivity index (χ2v) is 4.29. The molecule has 0 aliphatic heterocycles. The van der Waals surface area contributed by atoms with Crippen molar-refractivity contribution in [1.82, 2.24) is 4.98 Å². The van der Waals surface area contributed by atoms with Crippen LogP contribution in [0, 0.1) is 0 Å². The van der Waals surface area contributed by atoms with E-state index >= 15 is 0 Å². The molecule has 15 heavy (non-hydrogen) atoms. The van der Waals surface area contributed by atoms with Crippen LogP contribution in [0.5, 0.6) is 5.88 Å². The first kappa shape index (κ1) is 11.8. The van der Waals surface area contributed by atoms with Gasteiger partial charge in [-0.25, -0.2) is 4.98 Å². The van der Waals surface area contributed by atoms with Crippen molar-refractivity contribution in [2.75, 3.05) is 7.11 Å². The van der Waals surface area contributed by atoms with Crippen LogP contribution < -0.4 is 4.74 Å². The first-order chi connectivity index (χ1) is 7.13. The zero-order valence-electron chi connectivity index (χ0n) is 8.64. The third-order valence-corrected chi connectivity index (χ3v) is 2.98. The van der Waals surface area contributed by atoms with Gasteiger partial charge in [0.25, 0.3) is 0 Å². The van der Waals surface area contributed by atoms with Crippen molar-refractivity contribution >= 4 is 17.7 Å². The van der Waals surface area contributed by atoms with Crippen LogP contribution >= 0.6 is 11.8 Å². The van der Waals surface area contributed by atoms with Crippen LogP contribution in [0.2, 0.25) is 0 Å². The summed E-state index contributed by atoms with van der Waals surface area (Å²) in [5, 5.41) is 8.28. The van der Waals surface area contributed by atoms with Crippen LogP contribution in [0.1, 0.15) is 12.6 Å². The highest BCUT2D eigenvalue weighted by atomic mass is 32.2. The maximum absolute atomic E-state index is 10.6. The molecule has 82 valence electrons. The molecular formula is C10H13NO3S. The van der Waals surface area contributed by atoms with E-state index in [2.05, 4.69) is 4.98 Å². The largest absolute Gasteiger partial charge is 0.481 e. The Bertz CT molecular complexity index is 343. The van der Waals surface area contributed by atoms with Crippen LogP contribution in [0.15, 0.2) is 18.2 Å². The lowest BCUT2D eigenvalue weighted by atomic mass is 10.4. The van der Waals surface area contributed by atoms with Gasteiger partial charge in [0.05, 0.1) is 18.1 Å². The van der Waals surface area contributed by atoms with Crippen LogP contribution in [-0.4, -0.2) is 28.4 Å². The highest BCUT2D eigenvalue weighted by Gasteiger charge is 2.11. The molecule has 4 nitrogen and oxygen atoms in total. The van der Waals surface area contributed by atoms with Gasteiger partial charge in [0, 0.05) is 11.8 Å². The van der Waals surface area contributed by atoms with E-state index in [1.54, 1.807) is 20.1 Å². The third-order valence-electron chi connectivity index (χ3n) is 1.82. The number of nitrogens with zero attached hydrogens (tertiary/aromatic N) is 1. The third kappa shape index (κ3) is 3.79. The molecule has 1 N–H and O–H groups in total. The van der Waals surface area contributed by atoms with E-state index in [0.29, 0.717) is 11.6 Å². The predicted molar refractivity (Wildman–Crippen MR) is 59.2 cm³/mol. The summed E-state index contributed by atoms with van der Waals surface area (Å²) in [6, 6.07) is 5.45. The zero-order chi connectivity index (χ0) is 11.3. The van der Waals surface area contributed by atoms with Crippen LogP contribution in [0.3, 0.4) is 0 Å². The SMILES string of the molecule is COc1cccc(CSC(C)C(=O)O)n1. The van der Waals surface area contributed by atoms with Gasteiger partial charge in [-0.2, -0.15) is 0 Å². The Hall–Kier alpha value is -1.23. The number of carboxylic acids is 1. The summed E-state index contributed by atoms with van der Waals surface area (Å²) in [4.78, 5) is 14.8. The normalized spacial score (nSPS) is 12.1. The Morgan fingerprint density at radius 3 is 3.00 bits per heavy atom. The number of aromatic nitrogens is 1. The lowest BCUT2D eigenvalue weighted by molar-refractivity contribution is -0.136. The second-order valence-electron chi connectivity index (χ2n) is 2.96. The number of rotatable bonds is 5. The van der Waals surface area contributed by atoms with E-state index in [-0.39, 0.29) is 0 Å². The summed E-state index contributed by atoms with van der Waals surface area (Å²) in [6.45, 7) is 1.66. The number of thioether (sulfide) groups is 1. The molecule has 1 rings (SSSR count). The number of hydrogen-bond donors (Lipinski definition) is 1. The van der Waals surface area contributed by atoms with Crippen LogP contribution in [-0.2, 0) is 10.5 Å². The van der Waals surface area contributed by atoms with Crippen LogP contribution in [0.4, 0.5) is 0 Å². The molecule has 0 aliphatic carbocycles. The Morgan fingerprint density at radius 2 is 2.40 bits per heavy atom. The average molecular weight is 227 g/mol. The quantitative estimate of drug-likeness (QED) is 0.831. The van der Waals surface area contributed by atoms with E-state index < -0.39 is 11.2 Å². The minimum absolute atomic E-state index is 0.419. The number of carbonyl (C=O) groups is 1. The van der Waals surface area contributed by atoms with Gasteiger partial charge in [0.15, 0.2) is 0 Å². The number of ether oxygens (including phenoxy) is 1. The number of pyridine rings is 1. The van der Waals surface area contributed by atoms with Gasteiger partial charge in [0.2, 0.25) is 5.88 Å². The fourth-order valence-electron chi connectivity index (χ4n) is 0.933. The van der Waals surface area contributed by atoms with Gasteiger partial charge in [-0.3, -0.25) is 4.79 Å². The molecule has 0 bridgehead atoms. The minimum Gasteiger partial charge on any atom is -0.481 e. The average Bonchev–Trinajstić information content (AvgIpc) is 2.26. The monoisotopic (exact) mass is 227 g/mol. The summed E-state index contributed by atoms with van der Waals surface area (Å²) in [5.74, 6) is 0.323. The van der Waals surface area contributed by atoms with Gasteiger partial charge in [-0.15, -0.1) is 11.8 Å². The molecule has 0 saturated heterocycles. The Labute approximate surface area is 92.7 Å². The Kier molecular flexibility index (Phi) is 4.42. The van der Waals surface area contributed by atoms with E-state index in [0.717, 1.165) is 5.69 Å². The Balaban J connectivity index is 2.53. The lowest BCUT2D eigenvalue weighted by Gasteiger charge is -2.06. The molecule has 5 heteroatoms. The van der Waals surface area contributed by atoms with Crippen molar-refractivity contribution in [3.8, 4) is 5.88 Å². The van der Waals surface area contributed by atoms with Crippen molar-refractivity contribution in [1.29, 1.82) is 0 Å². The minimum atomic E-state index is -0.803. The number of carboxylic acid groups (broad SMARTS) is 1. The summed E-state index contributed by atoms with van der Waals surface area (Å²) in [5.41, 5.74) is 0.826. The van der Waals surface area contributed by atoms with Gasteiger partial charge in [-0.1, -0.05) is 6.07 Å². The molecule has 1 heterocycles. The molecule has 0 saturated carbocycles.